The lowest BCUT2D eigenvalue weighted by atomic mass is 10.1. The van der Waals surface area contributed by atoms with Gasteiger partial charge in [0.25, 0.3) is 0 Å². The first-order valence-electron chi connectivity index (χ1n) is 8.26. The second kappa shape index (κ2) is 9.24. The molecule has 140 valence electrons. The number of nitrogens with one attached hydrogen (secondary N) is 2. The number of hydrogen-bond acceptors (Lipinski definition) is 5. The summed E-state index contributed by atoms with van der Waals surface area (Å²) in [4.78, 5) is 24.9. The average molecular weight is 376 g/mol. The van der Waals surface area contributed by atoms with Crippen LogP contribution in [0.4, 0.5) is 0 Å². The fraction of sp³-hybridized carbons (Fsp3) is 0.368. The van der Waals surface area contributed by atoms with E-state index in [1.54, 1.807) is 20.3 Å². The maximum atomic E-state index is 12.5. The topological polar surface area (TPSA) is 76.7 Å². The van der Waals surface area contributed by atoms with E-state index in [2.05, 4.69) is 10.6 Å². The summed E-state index contributed by atoms with van der Waals surface area (Å²) < 4.78 is 10.6. The highest BCUT2D eigenvalue weighted by molar-refractivity contribution is 7.10. The van der Waals surface area contributed by atoms with Gasteiger partial charge in [0.1, 0.15) is 11.5 Å². The first-order valence-corrected chi connectivity index (χ1v) is 9.14. The standard InChI is InChI=1S/C19H24N2O4S/c1-12(15-10-14(24-3)7-8-17(15)25-4)20-19(23)11-16(21-13(2)22)18-6-5-9-26-18/h5-10,12,16H,11H2,1-4H3,(H,20,23)(H,21,22)/t12-,16-/m1/s1. The lowest BCUT2D eigenvalue weighted by molar-refractivity contribution is -0.123. The van der Waals surface area contributed by atoms with E-state index in [4.69, 9.17) is 9.47 Å². The molecule has 2 aromatic rings. The number of ether oxygens (including phenoxy) is 2. The molecule has 2 atom stereocenters. The summed E-state index contributed by atoms with van der Waals surface area (Å²) in [6, 6.07) is 8.65. The molecule has 26 heavy (non-hydrogen) atoms. The van der Waals surface area contributed by atoms with E-state index < -0.39 is 0 Å². The fourth-order valence-electron chi connectivity index (χ4n) is 2.70. The van der Waals surface area contributed by atoms with Gasteiger partial charge in [-0.25, -0.2) is 0 Å². The molecule has 6 nitrogen and oxygen atoms in total. The van der Waals surface area contributed by atoms with E-state index in [1.807, 2.05) is 36.6 Å². The Hall–Kier alpha value is -2.54. The summed E-state index contributed by atoms with van der Waals surface area (Å²) in [6.45, 7) is 3.33. The van der Waals surface area contributed by atoms with Crippen molar-refractivity contribution >= 4 is 23.2 Å². The third-order valence-electron chi connectivity index (χ3n) is 3.93. The van der Waals surface area contributed by atoms with Crippen molar-refractivity contribution in [2.75, 3.05) is 14.2 Å². The molecule has 2 N–H and O–H groups in total. The first-order chi connectivity index (χ1) is 12.4. The number of hydrogen-bond donors (Lipinski definition) is 2. The zero-order valence-electron chi connectivity index (χ0n) is 15.4. The van der Waals surface area contributed by atoms with Gasteiger partial charge in [0, 0.05) is 17.4 Å². The zero-order valence-corrected chi connectivity index (χ0v) is 16.2. The van der Waals surface area contributed by atoms with Gasteiger partial charge in [-0.1, -0.05) is 6.07 Å². The molecule has 0 radical (unpaired) electrons. The Kier molecular flexibility index (Phi) is 7.03. The predicted octanol–water partition coefficient (Wildman–Crippen LogP) is 3.21. The molecule has 0 fully saturated rings. The summed E-state index contributed by atoms with van der Waals surface area (Å²) in [5, 5.41) is 7.72. The summed E-state index contributed by atoms with van der Waals surface area (Å²) >= 11 is 1.51. The minimum atomic E-state index is -0.341. The number of rotatable bonds is 8. The Morgan fingerprint density at radius 3 is 2.50 bits per heavy atom. The Balaban J connectivity index is 2.09. The highest BCUT2D eigenvalue weighted by Gasteiger charge is 2.21. The van der Waals surface area contributed by atoms with Crippen LogP contribution in [0.3, 0.4) is 0 Å². The van der Waals surface area contributed by atoms with Crippen LogP contribution in [0.1, 0.15) is 42.8 Å². The SMILES string of the molecule is COc1ccc(OC)c([C@@H](C)NC(=O)C[C@@H](NC(C)=O)c2cccs2)c1. The van der Waals surface area contributed by atoms with Gasteiger partial charge in [-0.15, -0.1) is 11.3 Å². The quantitative estimate of drug-likeness (QED) is 0.742. The molecule has 1 aromatic heterocycles. The van der Waals surface area contributed by atoms with E-state index in [1.165, 1.54) is 18.3 Å². The van der Waals surface area contributed by atoms with Gasteiger partial charge in [0.2, 0.25) is 11.8 Å². The molecular weight excluding hydrogens is 352 g/mol. The smallest absolute Gasteiger partial charge is 0.222 e. The number of amides is 2. The van der Waals surface area contributed by atoms with Crippen molar-refractivity contribution in [2.24, 2.45) is 0 Å². The van der Waals surface area contributed by atoms with E-state index >= 15 is 0 Å². The van der Waals surface area contributed by atoms with Crippen molar-refractivity contribution in [3.63, 3.8) is 0 Å². The second-order valence-corrected chi connectivity index (χ2v) is 6.85. The van der Waals surface area contributed by atoms with Crippen molar-refractivity contribution < 1.29 is 19.1 Å². The summed E-state index contributed by atoms with van der Waals surface area (Å²) in [5.41, 5.74) is 0.826. The molecule has 0 saturated heterocycles. The second-order valence-electron chi connectivity index (χ2n) is 5.87. The highest BCUT2D eigenvalue weighted by Crippen LogP contribution is 2.29. The number of methoxy groups -OCH3 is 2. The Bertz CT molecular complexity index is 746. The van der Waals surface area contributed by atoms with E-state index in [-0.39, 0.29) is 30.3 Å². The molecule has 0 aliphatic carbocycles. The normalized spacial score (nSPS) is 12.8. The van der Waals surface area contributed by atoms with E-state index in [9.17, 15) is 9.59 Å². The number of thiophene rings is 1. The maximum Gasteiger partial charge on any atom is 0.222 e. The molecule has 2 amide bonds. The lowest BCUT2D eigenvalue weighted by Crippen LogP contribution is -2.33. The van der Waals surface area contributed by atoms with Gasteiger partial charge in [0.05, 0.1) is 32.7 Å². The average Bonchev–Trinajstić information content (AvgIpc) is 3.14. The van der Waals surface area contributed by atoms with Crippen LogP contribution in [0, 0.1) is 0 Å². The van der Waals surface area contributed by atoms with Crippen molar-refractivity contribution in [1.29, 1.82) is 0 Å². The van der Waals surface area contributed by atoms with Crippen LogP contribution in [0.15, 0.2) is 35.7 Å². The van der Waals surface area contributed by atoms with Crippen LogP contribution >= 0.6 is 11.3 Å². The van der Waals surface area contributed by atoms with Crippen molar-refractivity contribution in [3.05, 3.63) is 46.2 Å². The Labute approximate surface area is 157 Å². The van der Waals surface area contributed by atoms with E-state index in [0.717, 1.165) is 10.4 Å². The van der Waals surface area contributed by atoms with Crippen LogP contribution in [0.25, 0.3) is 0 Å². The minimum absolute atomic E-state index is 0.158. The Morgan fingerprint density at radius 2 is 1.92 bits per heavy atom. The third kappa shape index (κ3) is 5.23. The molecular formula is C19H24N2O4S. The van der Waals surface area contributed by atoms with Crippen molar-refractivity contribution in [3.8, 4) is 11.5 Å². The molecule has 0 spiro atoms. The van der Waals surface area contributed by atoms with E-state index in [0.29, 0.717) is 11.5 Å². The highest BCUT2D eigenvalue weighted by atomic mass is 32.1. The molecule has 1 aromatic carbocycles. The predicted molar refractivity (Wildman–Crippen MR) is 102 cm³/mol. The Morgan fingerprint density at radius 1 is 1.15 bits per heavy atom. The van der Waals surface area contributed by atoms with Crippen molar-refractivity contribution in [1.82, 2.24) is 10.6 Å². The van der Waals surface area contributed by atoms with Crippen LogP contribution in [0.2, 0.25) is 0 Å². The van der Waals surface area contributed by atoms with Crippen LogP contribution in [0.5, 0.6) is 11.5 Å². The van der Waals surface area contributed by atoms with Gasteiger partial charge in [-0.05, 0) is 36.6 Å². The molecule has 0 aliphatic heterocycles. The molecule has 0 unspecified atom stereocenters. The molecule has 0 aliphatic rings. The number of carbonyl (C=O) groups is 2. The molecule has 0 saturated carbocycles. The summed E-state index contributed by atoms with van der Waals surface area (Å²) in [5.74, 6) is 1.04. The lowest BCUT2D eigenvalue weighted by Gasteiger charge is -2.21. The third-order valence-corrected chi connectivity index (χ3v) is 4.92. The van der Waals surface area contributed by atoms with Gasteiger partial charge in [0.15, 0.2) is 0 Å². The summed E-state index contributed by atoms with van der Waals surface area (Å²) in [6.07, 6.45) is 0.163. The van der Waals surface area contributed by atoms with Gasteiger partial charge in [-0.2, -0.15) is 0 Å². The fourth-order valence-corrected chi connectivity index (χ4v) is 3.48. The molecule has 1 heterocycles. The van der Waals surface area contributed by atoms with Gasteiger partial charge < -0.3 is 20.1 Å². The van der Waals surface area contributed by atoms with Crippen LogP contribution in [-0.2, 0) is 9.59 Å². The molecule has 7 heteroatoms. The number of benzene rings is 1. The number of carbonyl (C=O) groups excluding carboxylic acids is 2. The molecule has 2 rings (SSSR count). The first kappa shape index (κ1) is 19.8. The minimum Gasteiger partial charge on any atom is -0.497 e. The van der Waals surface area contributed by atoms with Crippen molar-refractivity contribution in [2.45, 2.75) is 32.4 Å². The van der Waals surface area contributed by atoms with Crippen LogP contribution < -0.4 is 20.1 Å². The maximum absolute atomic E-state index is 12.5. The monoisotopic (exact) mass is 376 g/mol. The van der Waals surface area contributed by atoms with Crippen LogP contribution in [-0.4, -0.2) is 26.0 Å². The van der Waals surface area contributed by atoms with Gasteiger partial charge in [-0.3, -0.25) is 9.59 Å². The largest absolute Gasteiger partial charge is 0.497 e. The zero-order chi connectivity index (χ0) is 19.1. The van der Waals surface area contributed by atoms with Gasteiger partial charge >= 0.3 is 0 Å². The summed E-state index contributed by atoms with van der Waals surface area (Å²) in [7, 11) is 3.18. The molecule has 0 bridgehead atoms.